The quantitative estimate of drug-likeness (QED) is 0.716. The van der Waals surface area contributed by atoms with Gasteiger partial charge in [-0.25, -0.2) is 9.97 Å². The van der Waals surface area contributed by atoms with Crippen molar-refractivity contribution in [3.8, 4) is 11.4 Å². The predicted molar refractivity (Wildman–Crippen MR) is 85.7 cm³/mol. The van der Waals surface area contributed by atoms with E-state index in [2.05, 4.69) is 29.2 Å². The van der Waals surface area contributed by atoms with Gasteiger partial charge in [0.2, 0.25) is 0 Å². The molecule has 2 aliphatic carbocycles. The predicted octanol–water partition coefficient (Wildman–Crippen LogP) is 5.33. The largest absolute Gasteiger partial charge is 0.233 e. The fraction of sp³-hybridized carbons (Fsp3) is 0.444. The van der Waals surface area contributed by atoms with Crippen molar-refractivity contribution in [2.75, 3.05) is 0 Å². The van der Waals surface area contributed by atoms with Gasteiger partial charge in [-0.15, -0.1) is 0 Å². The van der Waals surface area contributed by atoms with Gasteiger partial charge in [-0.1, -0.05) is 48.7 Å². The van der Waals surface area contributed by atoms with Gasteiger partial charge in [0, 0.05) is 17.2 Å². The number of benzene rings is 1. The molecular formula is C18H19ClN2. The third-order valence-corrected chi connectivity index (χ3v) is 4.90. The highest BCUT2D eigenvalue weighted by Crippen LogP contribution is 2.44. The van der Waals surface area contributed by atoms with Gasteiger partial charge in [-0.3, -0.25) is 0 Å². The lowest BCUT2D eigenvalue weighted by Crippen LogP contribution is -2.01. The lowest BCUT2D eigenvalue weighted by Gasteiger charge is -2.12. The van der Waals surface area contributed by atoms with Crippen molar-refractivity contribution in [3.63, 3.8) is 0 Å². The Morgan fingerprint density at radius 2 is 1.67 bits per heavy atom. The summed E-state index contributed by atoms with van der Waals surface area (Å²) in [7, 11) is 0. The summed E-state index contributed by atoms with van der Waals surface area (Å²) in [5.41, 5.74) is 3.69. The van der Waals surface area contributed by atoms with Gasteiger partial charge >= 0.3 is 0 Å². The van der Waals surface area contributed by atoms with Gasteiger partial charge in [-0.2, -0.15) is 0 Å². The second kappa shape index (κ2) is 5.42. The van der Waals surface area contributed by atoms with E-state index < -0.39 is 0 Å². The van der Waals surface area contributed by atoms with Gasteiger partial charge < -0.3 is 0 Å². The van der Waals surface area contributed by atoms with Gasteiger partial charge in [0.15, 0.2) is 5.82 Å². The van der Waals surface area contributed by atoms with Crippen molar-refractivity contribution in [2.24, 2.45) is 0 Å². The lowest BCUT2D eigenvalue weighted by atomic mass is 10.0. The zero-order valence-corrected chi connectivity index (χ0v) is 12.8. The third kappa shape index (κ3) is 2.69. The molecule has 2 aromatic rings. The second-order valence-electron chi connectivity index (χ2n) is 6.28. The van der Waals surface area contributed by atoms with Crippen LogP contribution < -0.4 is 0 Å². The Morgan fingerprint density at radius 3 is 2.43 bits per heavy atom. The van der Waals surface area contributed by atoms with E-state index in [-0.39, 0.29) is 0 Å². The molecule has 2 nitrogen and oxygen atoms in total. The maximum Gasteiger partial charge on any atom is 0.161 e. The van der Waals surface area contributed by atoms with E-state index >= 15 is 0 Å². The molecule has 1 heterocycles. The molecule has 108 valence electrons. The molecule has 2 saturated carbocycles. The summed E-state index contributed by atoms with van der Waals surface area (Å²) >= 11 is 6.27. The lowest BCUT2D eigenvalue weighted by molar-refractivity contribution is 0.695. The normalized spacial score (nSPS) is 19.1. The zero-order valence-electron chi connectivity index (χ0n) is 12.1. The van der Waals surface area contributed by atoms with Crippen LogP contribution >= 0.6 is 11.6 Å². The number of nitrogens with zero attached hydrogens (tertiary/aromatic N) is 2. The fourth-order valence-electron chi connectivity index (χ4n) is 3.44. The van der Waals surface area contributed by atoms with Crippen LogP contribution in [0.15, 0.2) is 30.3 Å². The van der Waals surface area contributed by atoms with Gasteiger partial charge in [0.25, 0.3) is 0 Å². The van der Waals surface area contributed by atoms with Crippen LogP contribution in [0.5, 0.6) is 0 Å². The summed E-state index contributed by atoms with van der Waals surface area (Å²) in [6, 6.07) is 10.5. The number of rotatable bonds is 3. The molecule has 0 amide bonds. The molecular weight excluding hydrogens is 280 g/mol. The average Bonchev–Trinajstić information content (AvgIpc) is 3.21. The number of hydrogen-bond acceptors (Lipinski definition) is 2. The smallest absolute Gasteiger partial charge is 0.161 e. The highest BCUT2D eigenvalue weighted by molar-refractivity contribution is 6.29. The van der Waals surface area contributed by atoms with E-state index in [9.17, 15) is 0 Å². The maximum atomic E-state index is 6.27. The molecule has 0 aliphatic heterocycles. The molecule has 1 aromatic carbocycles. The van der Waals surface area contributed by atoms with Crippen LogP contribution in [0.2, 0.25) is 5.15 Å². The third-order valence-electron chi connectivity index (χ3n) is 4.71. The van der Waals surface area contributed by atoms with Gasteiger partial charge in [-0.05, 0) is 43.2 Å². The van der Waals surface area contributed by atoms with Crippen LogP contribution in [-0.2, 0) is 0 Å². The number of halogens is 1. The molecule has 0 unspecified atom stereocenters. The Morgan fingerprint density at radius 1 is 0.905 bits per heavy atom. The molecule has 21 heavy (non-hydrogen) atoms. The Bertz CT molecular complexity index is 658. The average molecular weight is 299 g/mol. The SMILES string of the molecule is Clc1cc(C2CCCC2)nc(-c2ccccc2C2CC2)n1. The first-order valence-electron chi connectivity index (χ1n) is 7.95. The molecule has 2 aliphatic rings. The molecule has 2 fully saturated rings. The van der Waals surface area contributed by atoms with Crippen molar-refractivity contribution < 1.29 is 0 Å². The summed E-state index contributed by atoms with van der Waals surface area (Å²) in [6.07, 6.45) is 7.65. The van der Waals surface area contributed by atoms with Crippen LogP contribution in [-0.4, -0.2) is 9.97 Å². The highest BCUT2D eigenvalue weighted by Gasteiger charge is 2.27. The monoisotopic (exact) mass is 298 g/mol. The van der Waals surface area contributed by atoms with Crippen molar-refractivity contribution in [3.05, 3.63) is 46.7 Å². The van der Waals surface area contributed by atoms with E-state index in [0.717, 1.165) is 11.5 Å². The minimum absolute atomic E-state index is 0.567. The minimum Gasteiger partial charge on any atom is -0.233 e. The van der Waals surface area contributed by atoms with Gasteiger partial charge in [0.05, 0.1) is 0 Å². The second-order valence-corrected chi connectivity index (χ2v) is 6.67. The summed E-state index contributed by atoms with van der Waals surface area (Å²) in [6.45, 7) is 0. The number of aromatic nitrogens is 2. The first-order valence-corrected chi connectivity index (χ1v) is 8.33. The Balaban J connectivity index is 1.77. The first kappa shape index (κ1) is 13.3. The maximum absolute atomic E-state index is 6.27. The van der Waals surface area contributed by atoms with E-state index in [1.807, 2.05) is 6.07 Å². The minimum atomic E-state index is 0.567. The molecule has 0 atom stereocenters. The van der Waals surface area contributed by atoms with Crippen LogP contribution in [0.4, 0.5) is 0 Å². The highest BCUT2D eigenvalue weighted by atomic mass is 35.5. The topological polar surface area (TPSA) is 25.8 Å². The molecule has 1 aromatic heterocycles. The molecule has 4 rings (SSSR count). The molecule has 0 bridgehead atoms. The molecule has 3 heteroatoms. The molecule has 0 saturated heterocycles. The molecule has 0 N–H and O–H groups in total. The fourth-order valence-corrected chi connectivity index (χ4v) is 3.63. The first-order chi connectivity index (χ1) is 10.3. The van der Waals surface area contributed by atoms with Crippen molar-refractivity contribution in [1.29, 1.82) is 0 Å². The van der Waals surface area contributed by atoms with E-state index in [0.29, 0.717) is 17.0 Å². The summed E-state index contributed by atoms with van der Waals surface area (Å²) < 4.78 is 0. The van der Waals surface area contributed by atoms with E-state index in [1.54, 1.807) is 0 Å². The van der Waals surface area contributed by atoms with Crippen LogP contribution in [0, 0.1) is 0 Å². The Hall–Kier alpha value is -1.41. The van der Waals surface area contributed by atoms with E-state index in [1.165, 1.54) is 49.7 Å². The van der Waals surface area contributed by atoms with Gasteiger partial charge in [0.1, 0.15) is 5.15 Å². The summed E-state index contributed by atoms with van der Waals surface area (Å²) in [5.74, 6) is 2.07. The standard InChI is InChI=1S/C18H19ClN2/c19-17-11-16(13-5-1-2-6-13)20-18(21-17)15-8-4-3-7-14(15)12-9-10-12/h3-4,7-8,11-13H,1-2,5-6,9-10H2. The van der Waals surface area contributed by atoms with Crippen molar-refractivity contribution in [2.45, 2.75) is 50.4 Å². The Kier molecular flexibility index (Phi) is 3.42. The summed E-state index contributed by atoms with van der Waals surface area (Å²) in [4.78, 5) is 9.36. The van der Waals surface area contributed by atoms with Crippen molar-refractivity contribution >= 4 is 11.6 Å². The molecule has 0 spiro atoms. The molecule has 0 radical (unpaired) electrons. The van der Waals surface area contributed by atoms with Crippen LogP contribution in [0.3, 0.4) is 0 Å². The van der Waals surface area contributed by atoms with Crippen LogP contribution in [0.25, 0.3) is 11.4 Å². The van der Waals surface area contributed by atoms with Crippen molar-refractivity contribution in [1.82, 2.24) is 9.97 Å². The summed E-state index contributed by atoms with van der Waals surface area (Å²) in [5, 5.41) is 0.576. The number of hydrogen-bond donors (Lipinski definition) is 0. The van der Waals surface area contributed by atoms with E-state index in [4.69, 9.17) is 16.6 Å². The van der Waals surface area contributed by atoms with Crippen LogP contribution in [0.1, 0.15) is 61.6 Å². The Labute approximate surface area is 130 Å². The zero-order chi connectivity index (χ0) is 14.2.